The van der Waals surface area contributed by atoms with Crippen LogP contribution in [-0.4, -0.2) is 23.4 Å². The lowest BCUT2D eigenvalue weighted by atomic mass is 10.0. The number of carbonyl (C=O) groups is 1. The van der Waals surface area contributed by atoms with E-state index in [9.17, 15) is 10.1 Å². The van der Waals surface area contributed by atoms with Gasteiger partial charge in [-0.05, 0) is 24.3 Å². The van der Waals surface area contributed by atoms with Crippen LogP contribution in [0.5, 0.6) is 0 Å². The number of nitrogens with zero attached hydrogens (tertiary/aromatic N) is 1. The number of rotatable bonds is 8. The number of carboxylic acid groups (broad SMARTS) is 1. The van der Waals surface area contributed by atoms with Gasteiger partial charge in [0.1, 0.15) is 6.07 Å². The number of anilines is 1. The van der Waals surface area contributed by atoms with E-state index >= 15 is 0 Å². The predicted octanol–water partition coefficient (Wildman–Crippen LogP) is 3.58. The number of carboxylic acids is 1. The quantitative estimate of drug-likeness (QED) is 0.716. The third-order valence-corrected chi connectivity index (χ3v) is 3.90. The Bertz CT molecular complexity index is 497. The zero-order valence-electron chi connectivity index (χ0n) is 11.8. The van der Waals surface area contributed by atoms with E-state index in [1.807, 2.05) is 32.0 Å². The predicted molar refractivity (Wildman–Crippen MR) is 82.1 cm³/mol. The van der Waals surface area contributed by atoms with E-state index in [-0.39, 0.29) is 0 Å². The van der Waals surface area contributed by atoms with Gasteiger partial charge in [0.15, 0.2) is 0 Å². The largest absolute Gasteiger partial charge is 0.481 e. The molecule has 0 heterocycles. The summed E-state index contributed by atoms with van der Waals surface area (Å²) in [7, 11) is 0. The Morgan fingerprint density at radius 1 is 1.50 bits per heavy atom. The van der Waals surface area contributed by atoms with Gasteiger partial charge in [-0.3, -0.25) is 4.79 Å². The lowest BCUT2D eigenvalue weighted by Crippen LogP contribution is -2.23. The van der Waals surface area contributed by atoms with E-state index in [1.165, 1.54) is 0 Å². The fraction of sp³-hybridized carbons (Fsp3) is 0.467. The maximum absolute atomic E-state index is 11.1. The van der Waals surface area contributed by atoms with Crippen molar-refractivity contribution in [2.24, 2.45) is 5.92 Å². The molecule has 0 bridgehead atoms. The number of benzene rings is 1. The molecule has 0 aliphatic carbocycles. The summed E-state index contributed by atoms with van der Waals surface area (Å²) >= 11 is 1.61. The molecule has 0 aromatic heterocycles. The molecule has 4 nitrogen and oxygen atoms in total. The molecule has 1 rings (SSSR count). The van der Waals surface area contributed by atoms with Crippen molar-refractivity contribution < 1.29 is 9.90 Å². The maximum atomic E-state index is 11.1. The van der Waals surface area contributed by atoms with Crippen LogP contribution in [0.25, 0.3) is 0 Å². The lowest BCUT2D eigenvalue weighted by Gasteiger charge is -2.15. The zero-order valence-corrected chi connectivity index (χ0v) is 12.7. The van der Waals surface area contributed by atoms with Crippen molar-refractivity contribution >= 4 is 23.4 Å². The minimum atomic E-state index is -0.794. The summed E-state index contributed by atoms with van der Waals surface area (Å²) in [6.07, 6.45) is 1.46. The summed E-state index contributed by atoms with van der Waals surface area (Å²) < 4.78 is 0. The van der Waals surface area contributed by atoms with Gasteiger partial charge in [0.05, 0.1) is 17.2 Å². The molecule has 0 amide bonds. The first-order valence-corrected chi connectivity index (χ1v) is 7.75. The van der Waals surface area contributed by atoms with Gasteiger partial charge in [-0.2, -0.15) is 5.26 Å². The Balaban J connectivity index is 2.84. The Kier molecular flexibility index (Phi) is 6.96. The minimum absolute atomic E-state index is 0.345. The van der Waals surface area contributed by atoms with Crippen LogP contribution < -0.4 is 5.32 Å². The molecule has 2 N–H and O–H groups in total. The monoisotopic (exact) mass is 292 g/mol. The highest BCUT2D eigenvalue weighted by Gasteiger charge is 2.17. The molecule has 0 spiro atoms. The molecule has 0 fully saturated rings. The van der Waals surface area contributed by atoms with Crippen LogP contribution in [0.3, 0.4) is 0 Å². The van der Waals surface area contributed by atoms with Crippen molar-refractivity contribution in [2.75, 3.05) is 17.6 Å². The summed E-state index contributed by atoms with van der Waals surface area (Å²) in [6.45, 7) is 4.35. The van der Waals surface area contributed by atoms with E-state index in [2.05, 4.69) is 11.4 Å². The molecule has 5 heteroatoms. The SMILES string of the molecule is CCCC(CNc1cccc(SCC)c1C#N)C(=O)O. The molecule has 0 saturated heterocycles. The highest BCUT2D eigenvalue weighted by atomic mass is 32.2. The molecule has 20 heavy (non-hydrogen) atoms. The molecule has 0 aliphatic heterocycles. The van der Waals surface area contributed by atoms with Gasteiger partial charge in [0.2, 0.25) is 0 Å². The van der Waals surface area contributed by atoms with Crippen LogP contribution in [0.15, 0.2) is 23.1 Å². The summed E-state index contributed by atoms with van der Waals surface area (Å²) in [4.78, 5) is 12.1. The van der Waals surface area contributed by atoms with Crippen molar-refractivity contribution in [3.8, 4) is 6.07 Å². The minimum Gasteiger partial charge on any atom is -0.481 e. The highest BCUT2D eigenvalue weighted by Crippen LogP contribution is 2.28. The molecule has 0 radical (unpaired) electrons. The third kappa shape index (κ3) is 4.46. The van der Waals surface area contributed by atoms with Crippen LogP contribution in [0.2, 0.25) is 0 Å². The fourth-order valence-electron chi connectivity index (χ4n) is 1.96. The molecule has 0 aliphatic rings. The second-order valence-corrected chi connectivity index (χ2v) is 5.73. The van der Waals surface area contributed by atoms with E-state index in [0.29, 0.717) is 24.2 Å². The van der Waals surface area contributed by atoms with Gasteiger partial charge in [-0.1, -0.05) is 26.3 Å². The number of aliphatic carboxylic acids is 1. The van der Waals surface area contributed by atoms with E-state index in [0.717, 1.165) is 17.1 Å². The van der Waals surface area contributed by atoms with Crippen LogP contribution >= 0.6 is 11.8 Å². The van der Waals surface area contributed by atoms with Gasteiger partial charge in [0, 0.05) is 11.4 Å². The Hall–Kier alpha value is -1.67. The lowest BCUT2D eigenvalue weighted by molar-refractivity contribution is -0.141. The van der Waals surface area contributed by atoms with Crippen molar-refractivity contribution in [3.63, 3.8) is 0 Å². The van der Waals surface area contributed by atoms with Gasteiger partial charge in [-0.15, -0.1) is 11.8 Å². The standard InChI is InChI=1S/C15H20N2O2S/c1-3-6-11(15(18)19)10-17-13-7-5-8-14(20-4-2)12(13)9-16/h5,7-8,11,17H,3-4,6,10H2,1-2H3,(H,18,19). The first kappa shape index (κ1) is 16.4. The highest BCUT2D eigenvalue weighted by molar-refractivity contribution is 7.99. The summed E-state index contributed by atoms with van der Waals surface area (Å²) in [5.74, 6) is -0.322. The second kappa shape index (κ2) is 8.49. The van der Waals surface area contributed by atoms with E-state index < -0.39 is 11.9 Å². The Labute approximate surface area is 124 Å². The normalized spacial score (nSPS) is 11.7. The van der Waals surface area contributed by atoms with E-state index in [1.54, 1.807) is 11.8 Å². The van der Waals surface area contributed by atoms with Crippen LogP contribution in [0, 0.1) is 17.2 Å². The first-order valence-electron chi connectivity index (χ1n) is 6.76. The third-order valence-electron chi connectivity index (χ3n) is 2.96. The number of thioether (sulfide) groups is 1. The van der Waals surface area contributed by atoms with Gasteiger partial charge >= 0.3 is 5.97 Å². The van der Waals surface area contributed by atoms with Crippen LogP contribution in [-0.2, 0) is 4.79 Å². The zero-order chi connectivity index (χ0) is 15.0. The number of nitrogens with one attached hydrogen (secondary N) is 1. The Morgan fingerprint density at radius 2 is 2.25 bits per heavy atom. The van der Waals surface area contributed by atoms with Gasteiger partial charge in [0.25, 0.3) is 0 Å². The van der Waals surface area contributed by atoms with Crippen molar-refractivity contribution in [1.82, 2.24) is 0 Å². The van der Waals surface area contributed by atoms with Crippen molar-refractivity contribution in [1.29, 1.82) is 5.26 Å². The molecular formula is C15H20N2O2S. The van der Waals surface area contributed by atoms with E-state index in [4.69, 9.17) is 5.11 Å². The molecule has 0 saturated carbocycles. The second-order valence-electron chi connectivity index (χ2n) is 4.43. The summed E-state index contributed by atoms with van der Waals surface area (Å²) in [5.41, 5.74) is 1.31. The van der Waals surface area contributed by atoms with Crippen LogP contribution in [0.1, 0.15) is 32.3 Å². The smallest absolute Gasteiger partial charge is 0.308 e. The molecule has 1 aromatic rings. The van der Waals surface area contributed by atoms with Crippen molar-refractivity contribution in [2.45, 2.75) is 31.6 Å². The van der Waals surface area contributed by atoms with Gasteiger partial charge in [-0.25, -0.2) is 0 Å². The average molecular weight is 292 g/mol. The molecule has 1 unspecified atom stereocenters. The topological polar surface area (TPSA) is 73.1 Å². The molecule has 1 aromatic carbocycles. The Morgan fingerprint density at radius 3 is 2.80 bits per heavy atom. The first-order chi connectivity index (χ1) is 9.63. The van der Waals surface area contributed by atoms with Crippen molar-refractivity contribution in [3.05, 3.63) is 23.8 Å². The molecule has 108 valence electrons. The van der Waals surface area contributed by atoms with Crippen LogP contribution in [0.4, 0.5) is 5.69 Å². The maximum Gasteiger partial charge on any atom is 0.308 e. The molecular weight excluding hydrogens is 272 g/mol. The number of nitriles is 1. The van der Waals surface area contributed by atoms with Gasteiger partial charge < -0.3 is 10.4 Å². The average Bonchev–Trinajstić information content (AvgIpc) is 2.43. The summed E-state index contributed by atoms with van der Waals surface area (Å²) in [6, 6.07) is 7.83. The molecule has 1 atom stereocenters. The number of hydrogen-bond acceptors (Lipinski definition) is 4. The number of hydrogen-bond donors (Lipinski definition) is 2. The fourth-order valence-corrected chi connectivity index (χ4v) is 2.75. The summed E-state index contributed by atoms with van der Waals surface area (Å²) in [5, 5.41) is 21.5.